The monoisotopic (exact) mass is 216 g/mol. The predicted molar refractivity (Wildman–Crippen MR) is 63.1 cm³/mol. The Morgan fingerprint density at radius 3 is 2.38 bits per heavy atom. The van der Waals surface area contributed by atoms with Crippen molar-refractivity contribution in [2.24, 2.45) is 0 Å². The summed E-state index contributed by atoms with van der Waals surface area (Å²) in [6.45, 7) is 5.84. The zero-order chi connectivity index (χ0) is 11.8. The van der Waals surface area contributed by atoms with Gasteiger partial charge in [-0.2, -0.15) is 0 Å². The second-order valence-corrected chi connectivity index (χ2v) is 4.63. The van der Waals surface area contributed by atoms with Crippen LogP contribution in [0, 0.1) is 0 Å². The van der Waals surface area contributed by atoms with E-state index in [9.17, 15) is 4.79 Å². The zero-order valence-corrected chi connectivity index (χ0v) is 9.86. The van der Waals surface area contributed by atoms with Crippen molar-refractivity contribution >= 4 is 6.29 Å². The summed E-state index contributed by atoms with van der Waals surface area (Å²) in [4.78, 5) is 11.1. The molecule has 0 fully saturated rings. The molecule has 1 aromatic rings. The lowest BCUT2D eigenvalue weighted by Crippen LogP contribution is -2.23. The molecule has 1 aliphatic heterocycles. The highest BCUT2D eigenvalue weighted by atomic mass is 16.5. The number of carbonyl (C=O) groups is 1. The molecule has 1 aliphatic rings. The second kappa shape index (κ2) is 3.87. The van der Waals surface area contributed by atoms with E-state index in [2.05, 4.69) is 0 Å². The summed E-state index contributed by atoms with van der Waals surface area (Å²) >= 11 is 0. The van der Waals surface area contributed by atoms with Gasteiger partial charge in [-0.25, -0.2) is 0 Å². The van der Waals surface area contributed by atoms with Crippen LogP contribution in [0.2, 0.25) is 0 Å². The SMILES string of the molecule is CC1=C(C=O)C(C)(C)OC1c1ccccc1. The molecule has 0 N–H and O–H groups in total. The molecule has 84 valence electrons. The van der Waals surface area contributed by atoms with Crippen LogP contribution in [-0.4, -0.2) is 11.9 Å². The van der Waals surface area contributed by atoms with Crippen LogP contribution in [0.15, 0.2) is 41.5 Å². The van der Waals surface area contributed by atoms with E-state index in [0.29, 0.717) is 0 Å². The molecular weight excluding hydrogens is 200 g/mol. The minimum absolute atomic E-state index is 0.0867. The summed E-state index contributed by atoms with van der Waals surface area (Å²) in [5.74, 6) is 0. The molecule has 0 amide bonds. The highest BCUT2D eigenvalue weighted by Gasteiger charge is 2.38. The highest BCUT2D eigenvalue weighted by molar-refractivity contribution is 5.79. The van der Waals surface area contributed by atoms with Crippen molar-refractivity contribution in [1.29, 1.82) is 0 Å². The third-order valence-electron chi connectivity index (χ3n) is 3.10. The number of benzene rings is 1. The maximum absolute atomic E-state index is 11.1. The number of aldehydes is 1. The normalized spacial score (nSPS) is 23.6. The van der Waals surface area contributed by atoms with Crippen LogP contribution >= 0.6 is 0 Å². The van der Waals surface area contributed by atoms with Gasteiger partial charge in [0.05, 0.1) is 5.60 Å². The lowest BCUT2D eigenvalue weighted by atomic mass is 9.95. The third-order valence-corrected chi connectivity index (χ3v) is 3.10. The summed E-state index contributed by atoms with van der Waals surface area (Å²) in [5.41, 5.74) is 2.41. The second-order valence-electron chi connectivity index (χ2n) is 4.63. The minimum atomic E-state index is -0.480. The largest absolute Gasteiger partial charge is 0.358 e. The molecule has 1 unspecified atom stereocenters. The van der Waals surface area contributed by atoms with Crippen LogP contribution in [0.1, 0.15) is 32.4 Å². The van der Waals surface area contributed by atoms with E-state index >= 15 is 0 Å². The van der Waals surface area contributed by atoms with Crippen LogP contribution in [0.25, 0.3) is 0 Å². The summed E-state index contributed by atoms with van der Waals surface area (Å²) in [6.07, 6.45) is 0.828. The summed E-state index contributed by atoms with van der Waals surface area (Å²) in [6, 6.07) is 10.00. The van der Waals surface area contributed by atoms with Gasteiger partial charge in [-0.3, -0.25) is 4.79 Å². The Kier molecular flexibility index (Phi) is 2.68. The van der Waals surface area contributed by atoms with Gasteiger partial charge in [-0.15, -0.1) is 0 Å². The zero-order valence-electron chi connectivity index (χ0n) is 9.86. The molecule has 16 heavy (non-hydrogen) atoms. The fourth-order valence-corrected chi connectivity index (χ4v) is 2.24. The van der Waals surface area contributed by atoms with Gasteiger partial charge in [0.2, 0.25) is 0 Å². The van der Waals surface area contributed by atoms with Crippen molar-refractivity contribution in [1.82, 2.24) is 0 Å². The lowest BCUT2D eigenvalue weighted by molar-refractivity contribution is -0.107. The fourth-order valence-electron chi connectivity index (χ4n) is 2.24. The maximum Gasteiger partial charge on any atom is 0.148 e. The van der Waals surface area contributed by atoms with Gasteiger partial charge in [-0.1, -0.05) is 30.3 Å². The van der Waals surface area contributed by atoms with E-state index in [1.165, 1.54) is 0 Å². The molecule has 0 saturated carbocycles. The van der Waals surface area contributed by atoms with Crippen LogP contribution in [-0.2, 0) is 9.53 Å². The molecule has 2 nitrogen and oxygen atoms in total. The van der Waals surface area contributed by atoms with Gasteiger partial charge >= 0.3 is 0 Å². The summed E-state index contributed by atoms with van der Waals surface area (Å²) in [5, 5.41) is 0. The van der Waals surface area contributed by atoms with Crippen molar-refractivity contribution < 1.29 is 9.53 Å². The van der Waals surface area contributed by atoms with E-state index in [1.54, 1.807) is 0 Å². The number of carbonyl (C=O) groups excluding carboxylic acids is 1. The van der Waals surface area contributed by atoms with Crippen LogP contribution in [0.3, 0.4) is 0 Å². The quantitative estimate of drug-likeness (QED) is 0.710. The Balaban J connectivity index is 2.42. The average molecular weight is 216 g/mol. The van der Waals surface area contributed by atoms with Crippen LogP contribution in [0.4, 0.5) is 0 Å². The standard InChI is InChI=1S/C14H16O2/c1-10-12(9-15)14(2,3)16-13(10)11-7-5-4-6-8-11/h4-9,13H,1-3H3. The number of hydrogen-bond acceptors (Lipinski definition) is 2. The summed E-state index contributed by atoms with van der Waals surface area (Å²) < 4.78 is 5.95. The Hall–Kier alpha value is -1.41. The van der Waals surface area contributed by atoms with E-state index in [-0.39, 0.29) is 6.10 Å². The molecule has 2 rings (SSSR count). The first-order chi connectivity index (χ1) is 7.56. The van der Waals surface area contributed by atoms with Gasteiger partial charge in [-0.05, 0) is 31.9 Å². The molecule has 0 saturated heterocycles. The molecule has 1 heterocycles. The first-order valence-electron chi connectivity index (χ1n) is 5.45. The Morgan fingerprint density at radius 1 is 1.25 bits per heavy atom. The topological polar surface area (TPSA) is 26.3 Å². The summed E-state index contributed by atoms with van der Waals surface area (Å²) in [7, 11) is 0. The van der Waals surface area contributed by atoms with Gasteiger partial charge < -0.3 is 4.74 Å². The maximum atomic E-state index is 11.1. The van der Waals surface area contributed by atoms with Crippen LogP contribution in [0.5, 0.6) is 0 Å². The molecule has 0 aromatic heterocycles. The third kappa shape index (κ3) is 1.69. The fraction of sp³-hybridized carbons (Fsp3) is 0.357. The first-order valence-corrected chi connectivity index (χ1v) is 5.45. The molecule has 1 atom stereocenters. The number of ether oxygens (including phenoxy) is 1. The molecule has 0 spiro atoms. The molecule has 0 aliphatic carbocycles. The van der Waals surface area contributed by atoms with Gasteiger partial charge in [0.1, 0.15) is 12.4 Å². The Bertz CT molecular complexity index is 429. The molecular formula is C14H16O2. The van der Waals surface area contributed by atoms with Crippen molar-refractivity contribution in [2.45, 2.75) is 32.5 Å². The Labute approximate surface area is 95.9 Å². The van der Waals surface area contributed by atoms with E-state index in [0.717, 1.165) is 23.0 Å². The minimum Gasteiger partial charge on any atom is -0.358 e. The highest BCUT2D eigenvalue weighted by Crippen LogP contribution is 2.42. The Morgan fingerprint density at radius 2 is 1.88 bits per heavy atom. The molecule has 0 radical (unpaired) electrons. The molecule has 1 aromatic carbocycles. The number of rotatable bonds is 2. The van der Waals surface area contributed by atoms with Crippen molar-refractivity contribution in [3.63, 3.8) is 0 Å². The van der Waals surface area contributed by atoms with Gasteiger partial charge in [0, 0.05) is 5.57 Å². The lowest BCUT2D eigenvalue weighted by Gasteiger charge is -2.21. The molecule has 0 bridgehead atoms. The predicted octanol–water partition coefficient (Wildman–Crippen LogP) is 3.05. The van der Waals surface area contributed by atoms with Crippen molar-refractivity contribution in [2.75, 3.05) is 0 Å². The first kappa shape index (κ1) is 11.1. The van der Waals surface area contributed by atoms with Crippen LogP contribution < -0.4 is 0 Å². The van der Waals surface area contributed by atoms with Crippen molar-refractivity contribution in [3.8, 4) is 0 Å². The van der Waals surface area contributed by atoms with Gasteiger partial charge in [0.25, 0.3) is 0 Å². The van der Waals surface area contributed by atoms with E-state index < -0.39 is 5.60 Å². The average Bonchev–Trinajstić information content (AvgIpc) is 2.50. The van der Waals surface area contributed by atoms with Crippen molar-refractivity contribution in [3.05, 3.63) is 47.0 Å². The van der Waals surface area contributed by atoms with E-state index in [1.807, 2.05) is 51.1 Å². The number of hydrogen-bond donors (Lipinski definition) is 0. The van der Waals surface area contributed by atoms with Gasteiger partial charge in [0.15, 0.2) is 0 Å². The van der Waals surface area contributed by atoms with E-state index in [4.69, 9.17) is 4.74 Å². The smallest absolute Gasteiger partial charge is 0.148 e. The molecule has 2 heteroatoms.